The van der Waals surface area contributed by atoms with Crippen molar-refractivity contribution in [3.8, 4) is 17.2 Å². The average molecular weight is 255 g/mol. The number of rotatable bonds is 2. The minimum absolute atomic E-state index is 0.0681. The van der Waals surface area contributed by atoms with Gasteiger partial charge in [-0.15, -0.1) is 0 Å². The molecule has 16 heavy (non-hydrogen) atoms. The Morgan fingerprint density at radius 2 is 1.56 bits per heavy atom. The zero-order valence-corrected chi connectivity index (χ0v) is 9.66. The van der Waals surface area contributed by atoms with Crippen LogP contribution in [0.5, 0.6) is 17.2 Å². The fourth-order valence-corrected chi connectivity index (χ4v) is 1.76. The molecule has 1 N–H and O–H groups in total. The third-order valence-electron chi connectivity index (χ3n) is 1.93. The number of halogens is 2. The summed E-state index contributed by atoms with van der Waals surface area (Å²) in [6.45, 7) is 0. The molecule has 0 saturated heterocycles. The standard InChI is InChI=1S/C12H8Cl2O2/c13-8-5-9(14)7-10(6-8)16-12-4-2-1-3-11(12)15/h1-7,15H. The minimum Gasteiger partial charge on any atom is -0.504 e. The summed E-state index contributed by atoms with van der Waals surface area (Å²) >= 11 is 11.7. The van der Waals surface area contributed by atoms with Gasteiger partial charge in [0.15, 0.2) is 11.5 Å². The lowest BCUT2D eigenvalue weighted by molar-refractivity contribution is 0.411. The van der Waals surface area contributed by atoms with Crippen molar-refractivity contribution in [1.29, 1.82) is 0 Å². The number of hydrogen-bond acceptors (Lipinski definition) is 2. The summed E-state index contributed by atoms with van der Waals surface area (Å²) in [5.41, 5.74) is 0. The van der Waals surface area contributed by atoms with E-state index in [1.54, 1.807) is 42.5 Å². The summed E-state index contributed by atoms with van der Waals surface area (Å²) in [4.78, 5) is 0. The molecule has 0 unspecified atom stereocenters. The number of hydrogen-bond donors (Lipinski definition) is 1. The first kappa shape index (κ1) is 11.1. The fourth-order valence-electron chi connectivity index (χ4n) is 1.26. The van der Waals surface area contributed by atoms with Crippen LogP contribution in [-0.2, 0) is 0 Å². The Hall–Kier alpha value is -1.38. The summed E-state index contributed by atoms with van der Waals surface area (Å²) in [6, 6.07) is 11.5. The molecule has 0 saturated carbocycles. The zero-order valence-electron chi connectivity index (χ0n) is 8.15. The van der Waals surface area contributed by atoms with E-state index in [1.807, 2.05) is 0 Å². The smallest absolute Gasteiger partial charge is 0.169 e. The van der Waals surface area contributed by atoms with Crippen LogP contribution >= 0.6 is 23.2 Å². The maximum atomic E-state index is 9.52. The normalized spacial score (nSPS) is 10.1. The molecular weight excluding hydrogens is 247 g/mol. The molecule has 82 valence electrons. The van der Waals surface area contributed by atoms with Crippen LogP contribution in [-0.4, -0.2) is 5.11 Å². The summed E-state index contributed by atoms with van der Waals surface area (Å²) in [6.07, 6.45) is 0. The molecule has 2 aromatic carbocycles. The van der Waals surface area contributed by atoms with E-state index in [-0.39, 0.29) is 5.75 Å². The average Bonchev–Trinajstić information content (AvgIpc) is 2.20. The number of ether oxygens (including phenoxy) is 1. The summed E-state index contributed by atoms with van der Waals surface area (Å²) in [5, 5.41) is 10.5. The molecular formula is C12H8Cl2O2. The van der Waals surface area contributed by atoms with Crippen molar-refractivity contribution in [3.05, 3.63) is 52.5 Å². The SMILES string of the molecule is Oc1ccccc1Oc1cc(Cl)cc(Cl)c1. The number of aromatic hydroxyl groups is 1. The van der Waals surface area contributed by atoms with Crippen molar-refractivity contribution >= 4 is 23.2 Å². The van der Waals surface area contributed by atoms with Crippen LogP contribution in [0.25, 0.3) is 0 Å². The van der Waals surface area contributed by atoms with Crippen molar-refractivity contribution in [2.75, 3.05) is 0 Å². The number of para-hydroxylation sites is 2. The van der Waals surface area contributed by atoms with Crippen molar-refractivity contribution in [3.63, 3.8) is 0 Å². The first-order valence-electron chi connectivity index (χ1n) is 4.57. The molecule has 0 aliphatic rings. The molecule has 0 spiro atoms. The molecule has 0 amide bonds. The van der Waals surface area contributed by atoms with Crippen LogP contribution in [0.2, 0.25) is 10.0 Å². The van der Waals surface area contributed by atoms with Gasteiger partial charge < -0.3 is 9.84 Å². The molecule has 2 nitrogen and oxygen atoms in total. The fraction of sp³-hybridized carbons (Fsp3) is 0. The monoisotopic (exact) mass is 254 g/mol. The Balaban J connectivity index is 2.30. The van der Waals surface area contributed by atoms with Crippen LogP contribution in [0.1, 0.15) is 0 Å². The molecule has 2 aromatic rings. The highest BCUT2D eigenvalue weighted by molar-refractivity contribution is 6.34. The van der Waals surface area contributed by atoms with Gasteiger partial charge in [-0.05, 0) is 30.3 Å². The number of phenols is 1. The van der Waals surface area contributed by atoms with E-state index in [0.29, 0.717) is 21.5 Å². The van der Waals surface area contributed by atoms with E-state index in [2.05, 4.69) is 0 Å². The van der Waals surface area contributed by atoms with Gasteiger partial charge >= 0.3 is 0 Å². The molecule has 4 heteroatoms. The zero-order chi connectivity index (χ0) is 11.5. The Kier molecular flexibility index (Phi) is 3.22. The van der Waals surface area contributed by atoms with Gasteiger partial charge in [-0.25, -0.2) is 0 Å². The second kappa shape index (κ2) is 4.64. The molecule has 0 bridgehead atoms. The summed E-state index contributed by atoms with van der Waals surface area (Å²) < 4.78 is 5.45. The lowest BCUT2D eigenvalue weighted by Gasteiger charge is -2.07. The van der Waals surface area contributed by atoms with E-state index >= 15 is 0 Å². The second-order valence-electron chi connectivity index (χ2n) is 3.17. The largest absolute Gasteiger partial charge is 0.504 e. The maximum Gasteiger partial charge on any atom is 0.169 e. The molecule has 0 aromatic heterocycles. The molecule has 2 rings (SSSR count). The van der Waals surface area contributed by atoms with Gasteiger partial charge in [-0.1, -0.05) is 35.3 Å². The van der Waals surface area contributed by atoms with Crippen LogP contribution in [0.4, 0.5) is 0 Å². The second-order valence-corrected chi connectivity index (χ2v) is 4.05. The van der Waals surface area contributed by atoms with E-state index in [1.165, 1.54) is 0 Å². The molecule has 0 aliphatic carbocycles. The highest BCUT2D eigenvalue weighted by Crippen LogP contribution is 2.32. The summed E-state index contributed by atoms with van der Waals surface area (Å²) in [5.74, 6) is 0.915. The predicted octanol–water partition coefficient (Wildman–Crippen LogP) is 4.49. The van der Waals surface area contributed by atoms with Crippen LogP contribution in [0.3, 0.4) is 0 Å². The Morgan fingerprint density at radius 1 is 0.938 bits per heavy atom. The van der Waals surface area contributed by atoms with Crippen LogP contribution < -0.4 is 4.74 Å². The van der Waals surface area contributed by atoms with Gasteiger partial charge in [-0.3, -0.25) is 0 Å². The van der Waals surface area contributed by atoms with Gasteiger partial charge in [-0.2, -0.15) is 0 Å². The molecule has 0 aliphatic heterocycles. The van der Waals surface area contributed by atoms with Gasteiger partial charge in [0.05, 0.1) is 0 Å². The van der Waals surface area contributed by atoms with E-state index in [0.717, 1.165) is 0 Å². The Morgan fingerprint density at radius 3 is 2.19 bits per heavy atom. The predicted molar refractivity (Wildman–Crippen MR) is 64.6 cm³/mol. The third-order valence-corrected chi connectivity index (χ3v) is 2.37. The highest BCUT2D eigenvalue weighted by Gasteiger charge is 2.04. The lowest BCUT2D eigenvalue weighted by atomic mass is 10.3. The van der Waals surface area contributed by atoms with E-state index in [4.69, 9.17) is 27.9 Å². The van der Waals surface area contributed by atoms with E-state index in [9.17, 15) is 5.11 Å². The highest BCUT2D eigenvalue weighted by atomic mass is 35.5. The van der Waals surface area contributed by atoms with Crippen LogP contribution in [0, 0.1) is 0 Å². The van der Waals surface area contributed by atoms with Crippen molar-refractivity contribution < 1.29 is 9.84 Å². The van der Waals surface area contributed by atoms with Crippen molar-refractivity contribution in [1.82, 2.24) is 0 Å². The Labute approximate surface area is 103 Å². The van der Waals surface area contributed by atoms with Crippen molar-refractivity contribution in [2.45, 2.75) is 0 Å². The number of phenolic OH excluding ortho intramolecular Hbond substituents is 1. The lowest BCUT2D eigenvalue weighted by Crippen LogP contribution is -1.84. The molecule has 0 radical (unpaired) electrons. The minimum atomic E-state index is 0.0681. The number of benzene rings is 2. The first-order chi connectivity index (χ1) is 7.65. The van der Waals surface area contributed by atoms with E-state index < -0.39 is 0 Å². The Bertz CT molecular complexity index is 492. The van der Waals surface area contributed by atoms with Crippen LogP contribution in [0.15, 0.2) is 42.5 Å². The van der Waals surface area contributed by atoms with Gasteiger partial charge in [0.25, 0.3) is 0 Å². The molecule has 0 heterocycles. The molecule has 0 fully saturated rings. The maximum absolute atomic E-state index is 9.52. The topological polar surface area (TPSA) is 29.5 Å². The quantitative estimate of drug-likeness (QED) is 0.856. The summed E-state index contributed by atoms with van der Waals surface area (Å²) in [7, 11) is 0. The van der Waals surface area contributed by atoms with Gasteiger partial charge in [0, 0.05) is 10.0 Å². The van der Waals surface area contributed by atoms with Crippen molar-refractivity contribution in [2.24, 2.45) is 0 Å². The molecule has 0 atom stereocenters. The third kappa shape index (κ3) is 2.60. The van der Waals surface area contributed by atoms with Gasteiger partial charge in [0.1, 0.15) is 5.75 Å². The first-order valence-corrected chi connectivity index (χ1v) is 5.33. The van der Waals surface area contributed by atoms with Gasteiger partial charge in [0.2, 0.25) is 0 Å².